The maximum atomic E-state index is 13.3. The number of nitrogen functional groups attached to an aromatic ring is 1. The Morgan fingerprint density at radius 2 is 1.78 bits per heavy atom. The predicted octanol–water partition coefficient (Wildman–Crippen LogP) is 4.98. The SMILES string of the molecule is C=C(F)C(=O)Nc1ccc(-c2c(-c3ccc(C(=O)NCC(F)(F)F)c(Cl)c3)c3c(N)ncc(C#CC(=O)N4CC(N(C)C)C4)c3n2C)cc1. The standard InChI is InChI=1S/C34H30ClF4N7O3/c1-18(36)32(48)43-22-9-5-19(6-10-22)29-27(20-7-11-24(25(35)13-20)33(49)42-17-34(37,38)39)28-30(45(29)4)21(14-41-31(28)40)8-12-26(47)46-15-23(16-46)44(2)3/h5-7,9-11,13-14,23H,1,15-17H2,2-4H3,(H2,40,41)(H,42,49)(H,43,48). The average Bonchev–Trinajstić information content (AvgIpc) is 3.32. The molecule has 0 spiro atoms. The number of pyridine rings is 1. The van der Waals surface area contributed by atoms with E-state index in [2.05, 4.69) is 28.7 Å². The van der Waals surface area contributed by atoms with Crippen LogP contribution in [0, 0.1) is 11.8 Å². The Labute approximate surface area is 283 Å². The second kappa shape index (κ2) is 13.6. The van der Waals surface area contributed by atoms with Crippen LogP contribution >= 0.6 is 11.6 Å². The molecule has 1 saturated heterocycles. The first-order valence-electron chi connectivity index (χ1n) is 14.7. The van der Waals surface area contributed by atoms with Crippen molar-refractivity contribution >= 4 is 51.7 Å². The monoisotopic (exact) mass is 695 g/mol. The molecule has 2 aromatic heterocycles. The summed E-state index contributed by atoms with van der Waals surface area (Å²) < 4.78 is 53.3. The van der Waals surface area contributed by atoms with Gasteiger partial charge in [-0.1, -0.05) is 42.3 Å². The van der Waals surface area contributed by atoms with Gasteiger partial charge in [-0.05, 0) is 49.5 Å². The zero-order valence-corrected chi connectivity index (χ0v) is 27.3. The molecule has 0 atom stereocenters. The van der Waals surface area contributed by atoms with Gasteiger partial charge in [0.25, 0.3) is 17.7 Å². The third-order valence-corrected chi connectivity index (χ3v) is 8.35. The Kier molecular flexibility index (Phi) is 9.71. The number of nitrogens with zero attached hydrogens (tertiary/aromatic N) is 4. The zero-order valence-electron chi connectivity index (χ0n) is 26.5. The van der Waals surface area contributed by atoms with Gasteiger partial charge in [0, 0.05) is 49.5 Å². The fourth-order valence-corrected chi connectivity index (χ4v) is 5.67. The lowest BCUT2D eigenvalue weighted by atomic mass is 9.96. The number of rotatable bonds is 7. The lowest BCUT2D eigenvalue weighted by molar-refractivity contribution is -0.131. The summed E-state index contributed by atoms with van der Waals surface area (Å²) in [4.78, 5) is 45.2. The highest BCUT2D eigenvalue weighted by molar-refractivity contribution is 6.34. The molecule has 49 heavy (non-hydrogen) atoms. The maximum Gasteiger partial charge on any atom is 0.405 e. The number of benzene rings is 2. The number of halogens is 5. The Balaban J connectivity index is 1.64. The largest absolute Gasteiger partial charge is 0.405 e. The van der Waals surface area contributed by atoms with Crippen LogP contribution in [0.1, 0.15) is 15.9 Å². The normalized spacial score (nSPS) is 13.1. The number of alkyl halides is 3. The molecule has 15 heteroatoms. The topological polar surface area (TPSA) is 126 Å². The van der Waals surface area contributed by atoms with E-state index in [0.717, 1.165) is 0 Å². The first-order valence-corrected chi connectivity index (χ1v) is 15.1. The van der Waals surface area contributed by atoms with Crippen molar-refractivity contribution < 1.29 is 31.9 Å². The van der Waals surface area contributed by atoms with Gasteiger partial charge >= 0.3 is 6.18 Å². The van der Waals surface area contributed by atoms with E-state index in [-0.39, 0.29) is 28.4 Å². The number of amides is 3. The number of aryl methyl sites for hydroxylation is 1. The van der Waals surface area contributed by atoms with Crippen molar-refractivity contribution in [2.45, 2.75) is 12.2 Å². The minimum absolute atomic E-state index is 0.105. The number of likely N-dealkylation sites (tertiary alicyclic amines) is 1. The van der Waals surface area contributed by atoms with Crippen LogP contribution in [0.3, 0.4) is 0 Å². The quantitative estimate of drug-likeness (QED) is 0.142. The molecule has 1 aliphatic heterocycles. The molecule has 3 amide bonds. The van der Waals surface area contributed by atoms with E-state index in [1.807, 2.05) is 24.3 Å². The lowest BCUT2D eigenvalue weighted by Crippen LogP contribution is -2.58. The van der Waals surface area contributed by atoms with Crippen molar-refractivity contribution in [3.05, 3.63) is 77.2 Å². The molecule has 2 aromatic carbocycles. The summed E-state index contributed by atoms with van der Waals surface area (Å²) in [5.74, 6) is 2.22. The highest BCUT2D eigenvalue weighted by Crippen LogP contribution is 2.44. The van der Waals surface area contributed by atoms with Crippen molar-refractivity contribution in [2.75, 3.05) is 44.8 Å². The van der Waals surface area contributed by atoms with Crippen LogP contribution in [0.25, 0.3) is 33.3 Å². The van der Waals surface area contributed by atoms with Crippen LogP contribution in [0.2, 0.25) is 5.02 Å². The number of hydrogen-bond acceptors (Lipinski definition) is 6. The summed E-state index contributed by atoms with van der Waals surface area (Å²) in [6, 6.07) is 10.9. The maximum absolute atomic E-state index is 13.3. The molecule has 0 bridgehead atoms. The fourth-order valence-electron chi connectivity index (χ4n) is 5.41. The second-order valence-corrected chi connectivity index (χ2v) is 12.0. The van der Waals surface area contributed by atoms with Crippen LogP contribution < -0.4 is 16.4 Å². The van der Waals surface area contributed by atoms with Crippen molar-refractivity contribution in [1.82, 2.24) is 24.7 Å². The van der Waals surface area contributed by atoms with E-state index in [1.54, 1.807) is 40.8 Å². The molecule has 4 N–H and O–H groups in total. The van der Waals surface area contributed by atoms with Crippen LogP contribution in [-0.4, -0.2) is 83.0 Å². The van der Waals surface area contributed by atoms with Gasteiger partial charge in [0.15, 0.2) is 5.83 Å². The van der Waals surface area contributed by atoms with Gasteiger partial charge in [0.1, 0.15) is 12.4 Å². The Morgan fingerprint density at radius 1 is 1.12 bits per heavy atom. The molecule has 1 fully saturated rings. The third kappa shape index (κ3) is 7.38. The molecule has 0 radical (unpaired) electrons. The van der Waals surface area contributed by atoms with E-state index >= 15 is 0 Å². The molecule has 10 nitrogen and oxygen atoms in total. The van der Waals surface area contributed by atoms with E-state index in [4.69, 9.17) is 17.3 Å². The number of nitrogens with two attached hydrogens (primary N) is 1. The van der Waals surface area contributed by atoms with Crippen molar-refractivity contribution in [2.24, 2.45) is 7.05 Å². The van der Waals surface area contributed by atoms with E-state index in [9.17, 15) is 31.9 Å². The number of carbonyl (C=O) groups excluding carboxylic acids is 3. The van der Waals surface area contributed by atoms with Gasteiger partial charge in [-0.25, -0.2) is 9.37 Å². The summed E-state index contributed by atoms with van der Waals surface area (Å²) in [7, 11) is 5.62. The first kappa shape index (κ1) is 34.9. The molecular formula is C34H30ClF4N7O3. The third-order valence-electron chi connectivity index (χ3n) is 8.04. The minimum atomic E-state index is -4.61. The second-order valence-electron chi connectivity index (χ2n) is 11.6. The highest BCUT2D eigenvalue weighted by Gasteiger charge is 2.31. The number of aromatic nitrogens is 2. The van der Waals surface area contributed by atoms with Gasteiger partial charge in [0.2, 0.25) is 0 Å². The van der Waals surface area contributed by atoms with Gasteiger partial charge in [-0.2, -0.15) is 13.2 Å². The first-order chi connectivity index (χ1) is 23.1. The number of nitrogens with one attached hydrogen (secondary N) is 2. The van der Waals surface area contributed by atoms with Gasteiger partial charge in [0.05, 0.1) is 32.7 Å². The van der Waals surface area contributed by atoms with E-state index in [1.165, 1.54) is 24.4 Å². The van der Waals surface area contributed by atoms with Crippen molar-refractivity contribution in [3.8, 4) is 34.2 Å². The van der Waals surface area contributed by atoms with Crippen LogP contribution in [0.15, 0.2) is 61.1 Å². The molecule has 0 saturated carbocycles. The molecule has 3 heterocycles. The molecule has 5 rings (SSSR count). The number of anilines is 2. The van der Waals surface area contributed by atoms with Crippen molar-refractivity contribution in [1.29, 1.82) is 0 Å². The van der Waals surface area contributed by atoms with Gasteiger partial charge in [-0.15, -0.1) is 0 Å². The summed E-state index contributed by atoms with van der Waals surface area (Å²) in [5.41, 5.74) is 9.56. The number of hydrogen-bond donors (Lipinski definition) is 3. The average molecular weight is 696 g/mol. The number of likely N-dealkylation sites (N-methyl/N-ethyl adjacent to an activating group) is 1. The molecule has 254 valence electrons. The number of carbonyl (C=O) groups is 3. The zero-order chi connectivity index (χ0) is 35.8. The molecular weight excluding hydrogens is 666 g/mol. The minimum Gasteiger partial charge on any atom is -0.383 e. The summed E-state index contributed by atoms with van der Waals surface area (Å²) in [6.45, 7) is 2.56. The van der Waals surface area contributed by atoms with Gasteiger partial charge in [-0.3, -0.25) is 14.4 Å². The van der Waals surface area contributed by atoms with Crippen LogP contribution in [-0.2, 0) is 16.6 Å². The predicted molar refractivity (Wildman–Crippen MR) is 179 cm³/mol. The van der Waals surface area contributed by atoms with Crippen molar-refractivity contribution in [3.63, 3.8) is 0 Å². The van der Waals surface area contributed by atoms with E-state index in [0.29, 0.717) is 57.6 Å². The Hall–Kier alpha value is -5.39. The summed E-state index contributed by atoms with van der Waals surface area (Å²) >= 11 is 6.47. The smallest absolute Gasteiger partial charge is 0.383 e. The van der Waals surface area contributed by atoms with Crippen LogP contribution in [0.5, 0.6) is 0 Å². The Bertz CT molecular complexity index is 2060. The Morgan fingerprint density at radius 3 is 2.37 bits per heavy atom. The molecule has 0 unspecified atom stereocenters. The molecule has 4 aromatic rings. The summed E-state index contributed by atoms with van der Waals surface area (Å²) in [5, 5.41) is 4.51. The fraction of sp³-hybridized carbons (Fsp3) is 0.235. The van der Waals surface area contributed by atoms with Crippen LogP contribution in [0.4, 0.5) is 29.1 Å². The van der Waals surface area contributed by atoms with Gasteiger partial charge < -0.3 is 30.7 Å². The number of fused-ring (bicyclic) bond motifs is 1. The highest BCUT2D eigenvalue weighted by atomic mass is 35.5. The molecule has 0 aliphatic carbocycles. The van der Waals surface area contributed by atoms with E-state index < -0.39 is 30.4 Å². The molecule has 1 aliphatic rings. The summed E-state index contributed by atoms with van der Waals surface area (Å²) in [6.07, 6.45) is -3.16. The lowest BCUT2D eigenvalue weighted by Gasteiger charge is -2.41.